The van der Waals surface area contributed by atoms with E-state index in [-0.39, 0.29) is 0 Å². The van der Waals surface area contributed by atoms with Crippen molar-refractivity contribution in [2.45, 2.75) is 6.92 Å². The van der Waals surface area contributed by atoms with Gasteiger partial charge in [0.05, 0.1) is 0 Å². The van der Waals surface area contributed by atoms with E-state index in [9.17, 15) is 0 Å². The Kier molecular flexibility index (Phi) is 3.15. The molecule has 0 amide bonds. The van der Waals surface area contributed by atoms with Gasteiger partial charge < -0.3 is 4.89 Å². The molecular weight excluding hydrogens is 68.0 g/mol. The molecule has 0 aromatic heterocycles. The van der Waals surface area contributed by atoms with E-state index in [4.69, 9.17) is 5.26 Å². The Morgan fingerprint density at radius 2 is 2.40 bits per heavy atom. The van der Waals surface area contributed by atoms with Gasteiger partial charge in [-0.3, -0.25) is 0 Å². The molecule has 0 fully saturated rings. The number of hydrogen-bond donors (Lipinski definition) is 1. The Balaban J connectivity index is 2.62. The van der Waals surface area contributed by atoms with Crippen LogP contribution in [0, 0.1) is 0 Å². The van der Waals surface area contributed by atoms with Crippen LogP contribution in [0.5, 0.6) is 0 Å². The summed E-state index contributed by atoms with van der Waals surface area (Å²) in [5.74, 6) is 0. The van der Waals surface area contributed by atoms with E-state index in [1.54, 1.807) is 13.0 Å². The second-order valence-corrected chi connectivity index (χ2v) is 0.575. The highest BCUT2D eigenvalue weighted by molar-refractivity contribution is 4.62. The van der Waals surface area contributed by atoms with E-state index >= 15 is 0 Å². The molecule has 0 aliphatic carbocycles. The molecule has 5 heavy (non-hydrogen) atoms. The monoisotopic (exact) mass is 74.0 g/mol. The van der Waals surface area contributed by atoms with Crippen LogP contribution in [0.4, 0.5) is 0 Å². The number of rotatable bonds is 1. The fourth-order valence-corrected chi connectivity index (χ4v) is 0.0609. The average molecular weight is 74.1 g/mol. The van der Waals surface area contributed by atoms with Gasteiger partial charge in [0, 0.05) is 0 Å². The number of allylic oxidation sites excluding steroid dienone is 1. The minimum atomic E-state index is 1.18. The third-order valence-corrected chi connectivity index (χ3v) is 0.197. The van der Waals surface area contributed by atoms with Gasteiger partial charge in [0.2, 0.25) is 0 Å². The average Bonchev–Trinajstić information content (AvgIpc) is 1.41. The zero-order chi connectivity index (χ0) is 4.12. The van der Waals surface area contributed by atoms with Gasteiger partial charge in [-0.1, -0.05) is 0 Å². The highest BCUT2D eigenvalue weighted by Gasteiger charge is 1.49. The molecule has 0 bridgehead atoms. The molecule has 0 heterocycles. The zero-order valence-corrected chi connectivity index (χ0v) is 3.01. The smallest absolute Gasteiger partial charge is 0.125 e. The molecule has 0 saturated carbocycles. The van der Waals surface area contributed by atoms with E-state index < -0.39 is 0 Å². The van der Waals surface area contributed by atoms with Gasteiger partial charge in [0.15, 0.2) is 0 Å². The van der Waals surface area contributed by atoms with E-state index in [0.29, 0.717) is 0 Å². The van der Waals surface area contributed by atoms with Crippen molar-refractivity contribution in [2.75, 3.05) is 0 Å². The summed E-state index contributed by atoms with van der Waals surface area (Å²) in [5, 5.41) is 7.48. The summed E-state index contributed by atoms with van der Waals surface area (Å²) in [7, 11) is 0. The van der Waals surface area contributed by atoms with Gasteiger partial charge in [0.1, 0.15) is 6.26 Å². The first kappa shape index (κ1) is 4.50. The highest BCUT2D eigenvalue weighted by atomic mass is 17.1. The summed E-state index contributed by atoms with van der Waals surface area (Å²) in [4.78, 5) is 3.51. The molecule has 0 aromatic rings. The van der Waals surface area contributed by atoms with Gasteiger partial charge in [-0.05, 0) is 13.0 Å². The SMILES string of the molecule is C/C=C\OO. The molecule has 2 nitrogen and oxygen atoms in total. The molecule has 0 aliphatic heterocycles. The second-order valence-electron chi connectivity index (χ2n) is 0.575. The molecule has 0 atom stereocenters. The first-order valence-corrected chi connectivity index (χ1v) is 1.33. The Morgan fingerprint density at radius 1 is 1.80 bits per heavy atom. The van der Waals surface area contributed by atoms with E-state index in [2.05, 4.69) is 4.89 Å². The van der Waals surface area contributed by atoms with Crippen molar-refractivity contribution in [3.05, 3.63) is 12.3 Å². The minimum absolute atomic E-state index is 1.18. The zero-order valence-electron chi connectivity index (χ0n) is 3.01. The van der Waals surface area contributed by atoms with Crippen LogP contribution in [0.1, 0.15) is 6.92 Å². The van der Waals surface area contributed by atoms with Crippen LogP contribution in [-0.2, 0) is 4.89 Å². The van der Waals surface area contributed by atoms with Gasteiger partial charge in [-0.2, -0.15) is 0 Å². The lowest BCUT2D eigenvalue weighted by Gasteiger charge is -1.73. The van der Waals surface area contributed by atoms with Crippen LogP contribution >= 0.6 is 0 Å². The molecule has 0 spiro atoms. The molecular formula is C3H6O2. The molecule has 0 rings (SSSR count). The van der Waals surface area contributed by atoms with Gasteiger partial charge in [-0.15, -0.1) is 0 Å². The lowest BCUT2D eigenvalue weighted by atomic mass is 10.7. The Labute approximate surface area is 30.6 Å². The van der Waals surface area contributed by atoms with Crippen LogP contribution in [-0.4, -0.2) is 5.26 Å². The summed E-state index contributed by atoms with van der Waals surface area (Å²) < 4.78 is 0. The first-order valence-electron chi connectivity index (χ1n) is 1.33. The Morgan fingerprint density at radius 3 is 2.40 bits per heavy atom. The molecule has 0 aromatic carbocycles. The van der Waals surface area contributed by atoms with Crippen molar-refractivity contribution >= 4 is 0 Å². The van der Waals surface area contributed by atoms with Gasteiger partial charge >= 0.3 is 0 Å². The molecule has 0 unspecified atom stereocenters. The molecule has 0 aliphatic rings. The summed E-state index contributed by atoms with van der Waals surface area (Å²) in [6.45, 7) is 1.75. The maximum absolute atomic E-state index is 7.48. The standard InChI is InChI=1S/C3H6O2/c1-2-3-5-4/h2-4H,1H3/b3-2-. The topological polar surface area (TPSA) is 29.5 Å². The summed E-state index contributed by atoms with van der Waals surface area (Å²) in [6.07, 6.45) is 2.76. The normalized spacial score (nSPS) is 9.20. The van der Waals surface area contributed by atoms with E-state index in [0.717, 1.165) is 0 Å². The quantitative estimate of drug-likeness (QED) is 0.286. The van der Waals surface area contributed by atoms with Gasteiger partial charge in [-0.25, -0.2) is 5.26 Å². The van der Waals surface area contributed by atoms with Crippen LogP contribution < -0.4 is 0 Å². The van der Waals surface area contributed by atoms with Crippen LogP contribution in [0.3, 0.4) is 0 Å². The lowest BCUT2D eigenvalue weighted by molar-refractivity contribution is -0.186. The molecule has 2 heteroatoms. The predicted molar refractivity (Wildman–Crippen MR) is 18.5 cm³/mol. The molecule has 0 saturated heterocycles. The fourth-order valence-electron chi connectivity index (χ4n) is 0.0609. The Hall–Kier alpha value is -0.500. The van der Waals surface area contributed by atoms with Crippen molar-refractivity contribution < 1.29 is 10.1 Å². The minimum Gasteiger partial charge on any atom is -0.349 e. The van der Waals surface area contributed by atoms with Crippen LogP contribution in [0.2, 0.25) is 0 Å². The lowest BCUT2D eigenvalue weighted by Crippen LogP contribution is -1.59. The maximum atomic E-state index is 7.48. The fraction of sp³-hybridized carbons (Fsp3) is 0.333. The summed E-state index contributed by atoms with van der Waals surface area (Å²) in [5.41, 5.74) is 0. The molecule has 30 valence electrons. The summed E-state index contributed by atoms with van der Waals surface area (Å²) >= 11 is 0. The van der Waals surface area contributed by atoms with Crippen molar-refractivity contribution in [1.82, 2.24) is 0 Å². The maximum Gasteiger partial charge on any atom is 0.125 e. The Bertz CT molecular complexity index is 31.9. The second kappa shape index (κ2) is 3.50. The van der Waals surface area contributed by atoms with Crippen molar-refractivity contribution in [3.63, 3.8) is 0 Å². The summed E-state index contributed by atoms with van der Waals surface area (Å²) in [6, 6.07) is 0. The largest absolute Gasteiger partial charge is 0.349 e. The number of hydrogen-bond acceptors (Lipinski definition) is 2. The van der Waals surface area contributed by atoms with Crippen LogP contribution in [0.15, 0.2) is 12.3 Å². The highest BCUT2D eigenvalue weighted by Crippen LogP contribution is 1.63. The molecule has 1 N–H and O–H groups in total. The van der Waals surface area contributed by atoms with E-state index in [1.165, 1.54) is 6.26 Å². The molecule has 0 radical (unpaired) electrons. The predicted octanol–water partition coefficient (Wildman–Crippen LogP) is 1.01. The van der Waals surface area contributed by atoms with Crippen LogP contribution in [0.25, 0.3) is 0 Å². The van der Waals surface area contributed by atoms with Crippen molar-refractivity contribution in [3.8, 4) is 0 Å². The third-order valence-electron chi connectivity index (χ3n) is 0.197. The third kappa shape index (κ3) is 3.50. The van der Waals surface area contributed by atoms with Crippen molar-refractivity contribution in [2.24, 2.45) is 0 Å². The first-order chi connectivity index (χ1) is 2.41. The van der Waals surface area contributed by atoms with Crippen molar-refractivity contribution in [1.29, 1.82) is 0 Å². The van der Waals surface area contributed by atoms with E-state index in [1.807, 2.05) is 0 Å². The van der Waals surface area contributed by atoms with Gasteiger partial charge in [0.25, 0.3) is 0 Å².